The van der Waals surface area contributed by atoms with Crippen LogP contribution in [-0.2, 0) is 14.9 Å². The van der Waals surface area contributed by atoms with Crippen molar-refractivity contribution in [2.24, 2.45) is 17.8 Å². The Morgan fingerprint density at radius 2 is 1.86 bits per heavy atom. The zero-order chi connectivity index (χ0) is 19.9. The van der Waals surface area contributed by atoms with Crippen molar-refractivity contribution in [2.45, 2.75) is 68.5 Å². The van der Waals surface area contributed by atoms with Crippen LogP contribution < -0.4 is 4.74 Å². The van der Waals surface area contributed by atoms with Gasteiger partial charge in [0.05, 0.1) is 7.11 Å². The molecule has 2 fully saturated rings. The summed E-state index contributed by atoms with van der Waals surface area (Å²) in [5.74, 6) is 2.20. The van der Waals surface area contributed by atoms with Crippen LogP contribution in [0.3, 0.4) is 0 Å². The molecule has 0 radical (unpaired) electrons. The number of carbonyl (C=O) groups excluding carboxylic acids is 1. The molecule has 1 aromatic carbocycles. The molecule has 3 aliphatic rings. The number of ether oxygens (including phenoxy) is 2. The Hall–Kier alpha value is -1.42. The normalized spacial score (nSPS) is 34.4. The van der Waals surface area contributed by atoms with E-state index in [0.29, 0.717) is 23.0 Å². The number of rotatable bonds is 5. The van der Waals surface area contributed by atoms with Crippen molar-refractivity contribution in [1.82, 2.24) is 0 Å². The molecular weight excluding hydrogens is 368 g/mol. The van der Waals surface area contributed by atoms with Gasteiger partial charge in [0.15, 0.2) is 0 Å². The number of allylic oxidation sites excluding steroid dienone is 1. The summed E-state index contributed by atoms with van der Waals surface area (Å²) in [6.07, 6.45) is 8.83. The van der Waals surface area contributed by atoms with Gasteiger partial charge in [-0.2, -0.15) is 0 Å². The van der Waals surface area contributed by atoms with Crippen LogP contribution in [0.5, 0.6) is 5.75 Å². The summed E-state index contributed by atoms with van der Waals surface area (Å²) in [7, 11) is 1.70. The monoisotopic (exact) mass is 400 g/mol. The molecule has 1 saturated heterocycles. The van der Waals surface area contributed by atoms with Gasteiger partial charge in [0, 0.05) is 17.1 Å². The van der Waals surface area contributed by atoms with E-state index in [2.05, 4.69) is 45.1 Å². The molecule has 0 unspecified atom stereocenters. The molecule has 152 valence electrons. The lowest BCUT2D eigenvalue weighted by atomic mass is 9.64. The van der Waals surface area contributed by atoms with Gasteiger partial charge in [0.2, 0.25) is 0 Å². The highest BCUT2D eigenvalue weighted by molar-refractivity contribution is 8.01. The Balaban J connectivity index is 1.51. The number of hydrogen-bond acceptors (Lipinski definition) is 4. The van der Waals surface area contributed by atoms with Gasteiger partial charge in [0.1, 0.15) is 17.1 Å². The summed E-state index contributed by atoms with van der Waals surface area (Å²) in [5.41, 5.74) is 1.23. The Morgan fingerprint density at radius 1 is 1.11 bits per heavy atom. The average molecular weight is 401 g/mol. The van der Waals surface area contributed by atoms with Crippen LogP contribution in [0.15, 0.2) is 36.4 Å². The zero-order valence-electron chi connectivity index (χ0n) is 17.4. The second-order valence-electron chi connectivity index (χ2n) is 9.33. The van der Waals surface area contributed by atoms with Gasteiger partial charge in [0.25, 0.3) is 0 Å². The van der Waals surface area contributed by atoms with Gasteiger partial charge in [-0.1, -0.05) is 51.5 Å². The Morgan fingerprint density at radius 3 is 2.46 bits per heavy atom. The van der Waals surface area contributed by atoms with Crippen molar-refractivity contribution in [3.05, 3.63) is 42.0 Å². The highest BCUT2D eigenvalue weighted by Gasteiger charge is 2.46. The molecule has 0 spiro atoms. The largest absolute Gasteiger partial charge is 0.497 e. The molecule has 0 N–H and O–H groups in total. The number of methoxy groups -OCH3 is 1. The molecule has 28 heavy (non-hydrogen) atoms. The fourth-order valence-corrected chi connectivity index (χ4v) is 6.73. The molecule has 4 heteroatoms. The second-order valence-corrected chi connectivity index (χ2v) is 10.7. The zero-order valence-corrected chi connectivity index (χ0v) is 18.2. The van der Waals surface area contributed by atoms with Crippen LogP contribution in [0.1, 0.15) is 52.0 Å². The topological polar surface area (TPSA) is 35.5 Å². The Bertz CT molecular complexity index is 739. The van der Waals surface area contributed by atoms with Crippen LogP contribution >= 0.6 is 11.8 Å². The molecule has 1 heterocycles. The van der Waals surface area contributed by atoms with Crippen LogP contribution in [-0.4, -0.2) is 29.7 Å². The van der Waals surface area contributed by atoms with Crippen LogP contribution in [0.2, 0.25) is 0 Å². The van der Waals surface area contributed by atoms with Gasteiger partial charge in [-0.3, -0.25) is 4.79 Å². The molecule has 1 aromatic rings. The summed E-state index contributed by atoms with van der Waals surface area (Å²) in [6, 6.07) is 8.38. The van der Waals surface area contributed by atoms with Crippen molar-refractivity contribution in [3.8, 4) is 5.75 Å². The smallest absolute Gasteiger partial charge is 0.319 e. The number of benzene rings is 1. The predicted molar refractivity (Wildman–Crippen MR) is 115 cm³/mol. The van der Waals surface area contributed by atoms with Crippen molar-refractivity contribution in [2.75, 3.05) is 7.11 Å². The maximum Gasteiger partial charge on any atom is 0.319 e. The fraction of sp³-hybridized carbons (Fsp3) is 0.625. The second kappa shape index (κ2) is 7.78. The number of fused-ring (bicyclic) bond motifs is 2. The Kier molecular flexibility index (Phi) is 5.52. The van der Waals surface area contributed by atoms with Crippen LogP contribution in [0.25, 0.3) is 0 Å². The standard InChI is InChI=1S/C24H32O3S/c1-15-5-12-20(24(2,3)17-7-9-18(26-4)10-8-17)21(13-15)27-23(25)22-16-6-11-19(14-16)28-22/h6-11,15-16,19-22H,5,12-14H2,1-4H3/t15-,16-,19+,20-,21-,22+/m1/s1. The van der Waals surface area contributed by atoms with E-state index in [0.717, 1.165) is 25.0 Å². The van der Waals surface area contributed by atoms with E-state index < -0.39 is 0 Å². The minimum absolute atomic E-state index is 0.00272. The maximum atomic E-state index is 13.0. The summed E-state index contributed by atoms with van der Waals surface area (Å²) in [6.45, 7) is 6.88. The predicted octanol–water partition coefficient (Wildman–Crippen LogP) is 5.38. The molecule has 4 rings (SSSR count). The fourth-order valence-electron chi connectivity index (χ4n) is 5.27. The molecule has 6 atom stereocenters. The highest BCUT2D eigenvalue weighted by atomic mass is 32.2. The summed E-state index contributed by atoms with van der Waals surface area (Å²) < 4.78 is 11.6. The van der Waals surface area contributed by atoms with E-state index >= 15 is 0 Å². The summed E-state index contributed by atoms with van der Waals surface area (Å²) in [4.78, 5) is 13.0. The first-order valence-electron chi connectivity index (χ1n) is 10.6. The third-order valence-electron chi connectivity index (χ3n) is 7.10. The highest BCUT2D eigenvalue weighted by Crippen LogP contribution is 2.47. The van der Waals surface area contributed by atoms with Gasteiger partial charge in [-0.05, 0) is 48.3 Å². The average Bonchev–Trinajstić information content (AvgIpc) is 3.31. The first kappa shape index (κ1) is 19.9. The third-order valence-corrected chi connectivity index (χ3v) is 8.64. The lowest BCUT2D eigenvalue weighted by Crippen LogP contribution is -2.44. The van der Waals surface area contributed by atoms with Gasteiger partial charge < -0.3 is 9.47 Å². The minimum Gasteiger partial charge on any atom is -0.497 e. The summed E-state index contributed by atoms with van der Waals surface area (Å²) >= 11 is 1.79. The maximum absolute atomic E-state index is 13.0. The van der Waals surface area contributed by atoms with E-state index in [-0.39, 0.29) is 22.7 Å². The first-order chi connectivity index (χ1) is 13.4. The van der Waals surface area contributed by atoms with Gasteiger partial charge >= 0.3 is 5.97 Å². The molecule has 1 aliphatic heterocycles. The minimum atomic E-state index is -0.0565. The van der Waals surface area contributed by atoms with E-state index in [9.17, 15) is 4.79 Å². The molecule has 0 aromatic heterocycles. The lowest BCUT2D eigenvalue weighted by Gasteiger charge is -2.44. The van der Waals surface area contributed by atoms with Crippen LogP contribution in [0.4, 0.5) is 0 Å². The number of esters is 1. The molecule has 3 nitrogen and oxygen atoms in total. The van der Waals surface area contributed by atoms with Gasteiger partial charge in [-0.25, -0.2) is 0 Å². The quantitative estimate of drug-likeness (QED) is 0.491. The number of thioether (sulfide) groups is 1. The van der Waals surface area contributed by atoms with Crippen LogP contribution in [0, 0.1) is 17.8 Å². The van der Waals surface area contributed by atoms with Crippen molar-refractivity contribution >= 4 is 17.7 Å². The third kappa shape index (κ3) is 3.72. The molecular formula is C24H32O3S. The SMILES string of the molecule is COc1ccc(C(C)(C)[C@@H]2CC[C@@H](C)C[C@H]2OC(=O)[C@H]2S[C@H]3C=C[C@@H]2C3)cc1. The van der Waals surface area contributed by atoms with Crippen molar-refractivity contribution in [3.63, 3.8) is 0 Å². The summed E-state index contributed by atoms with van der Waals surface area (Å²) in [5, 5.41) is 0.511. The Labute approximate surface area is 173 Å². The van der Waals surface area contributed by atoms with Gasteiger partial charge in [-0.15, -0.1) is 11.8 Å². The van der Waals surface area contributed by atoms with E-state index in [1.54, 1.807) is 18.9 Å². The molecule has 0 amide bonds. The molecule has 1 saturated carbocycles. The van der Waals surface area contributed by atoms with Crippen molar-refractivity contribution < 1.29 is 14.3 Å². The van der Waals surface area contributed by atoms with E-state index in [4.69, 9.17) is 9.47 Å². The molecule has 2 aliphatic carbocycles. The van der Waals surface area contributed by atoms with E-state index in [1.807, 2.05) is 12.1 Å². The lowest BCUT2D eigenvalue weighted by molar-refractivity contribution is -0.156. The number of carbonyl (C=O) groups is 1. The molecule has 2 bridgehead atoms. The first-order valence-corrected chi connectivity index (χ1v) is 11.5. The van der Waals surface area contributed by atoms with Crippen molar-refractivity contribution in [1.29, 1.82) is 0 Å². The van der Waals surface area contributed by atoms with E-state index in [1.165, 1.54) is 12.0 Å². The number of hydrogen-bond donors (Lipinski definition) is 0.